The Morgan fingerprint density at radius 3 is 2.85 bits per heavy atom. The molecule has 1 atom stereocenters. The van der Waals surface area contributed by atoms with Crippen molar-refractivity contribution in [2.24, 2.45) is 11.7 Å². The Morgan fingerprint density at radius 2 is 2.31 bits per heavy atom. The predicted molar refractivity (Wildman–Crippen MR) is 56.2 cm³/mol. The Morgan fingerprint density at radius 1 is 1.54 bits per heavy atom. The summed E-state index contributed by atoms with van der Waals surface area (Å²) in [7, 11) is 0. The maximum absolute atomic E-state index is 6.12. The van der Waals surface area contributed by atoms with Crippen LogP contribution in [0.15, 0.2) is 22.9 Å². The fourth-order valence-corrected chi connectivity index (χ4v) is 2.08. The summed E-state index contributed by atoms with van der Waals surface area (Å²) in [5, 5.41) is 0. The second kappa shape index (κ2) is 3.76. The summed E-state index contributed by atoms with van der Waals surface area (Å²) in [6.07, 6.45) is 5.70. The van der Waals surface area contributed by atoms with Gasteiger partial charge < -0.3 is 5.73 Å². The third kappa shape index (κ3) is 1.92. The van der Waals surface area contributed by atoms with Crippen LogP contribution in [0.2, 0.25) is 0 Å². The SMILES string of the molecule is NC(c1ccnc(Br)c1)C1CCC1. The first kappa shape index (κ1) is 9.16. The minimum absolute atomic E-state index is 0.202. The molecule has 1 aromatic rings. The lowest BCUT2D eigenvalue weighted by Gasteiger charge is -2.31. The topological polar surface area (TPSA) is 38.9 Å². The highest BCUT2D eigenvalue weighted by molar-refractivity contribution is 9.10. The lowest BCUT2D eigenvalue weighted by molar-refractivity contribution is 0.264. The van der Waals surface area contributed by atoms with Crippen molar-refractivity contribution < 1.29 is 0 Å². The van der Waals surface area contributed by atoms with E-state index >= 15 is 0 Å². The molecule has 2 N–H and O–H groups in total. The number of nitrogens with two attached hydrogens (primary N) is 1. The van der Waals surface area contributed by atoms with Crippen LogP contribution < -0.4 is 5.73 Å². The van der Waals surface area contributed by atoms with Crippen LogP contribution in [0.5, 0.6) is 0 Å². The second-order valence-corrected chi connectivity index (χ2v) is 4.44. The van der Waals surface area contributed by atoms with Crippen molar-refractivity contribution in [3.63, 3.8) is 0 Å². The minimum atomic E-state index is 0.202. The Hall–Kier alpha value is -0.410. The summed E-state index contributed by atoms with van der Waals surface area (Å²) < 4.78 is 0.875. The molecular weight excluding hydrogens is 228 g/mol. The van der Waals surface area contributed by atoms with Crippen LogP contribution in [0.3, 0.4) is 0 Å². The zero-order chi connectivity index (χ0) is 9.26. The van der Waals surface area contributed by atoms with E-state index in [1.807, 2.05) is 12.1 Å². The van der Waals surface area contributed by atoms with E-state index in [0.29, 0.717) is 5.92 Å². The summed E-state index contributed by atoms with van der Waals surface area (Å²) in [4.78, 5) is 4.09. The van der Waals surface area contributed by atoms with Crippen molar-refractivity contribution in [2.75, 3.05) is 0 Å². The Labute approximate surface area is 86.7 Å². The van der Waals surface area contributed by atoms with Crippen LogP contribution in [-0.2, 0) is 0 Å². The van der Waals surface area contributed by atoms with Crippen LogP contribution in [0.4, 0.5) is 0 Å². The van der Waals surface area contributed by atoms with Gasteiger partial charge in [0.05, 0.1) is 0 Å². The quantitative estimate of drug-likeness (QED) is 0.808. The van der Waals surface area contributed by atoms with E-state index in [1.165, 1.54) is 24.8 Å². The Balaban J connectivity index is 2.14. The Bertz CT molecular complexity index is 297. The van der Waals surface area contributed by atoms with E-state index in [-0.39, 0.29) is 6.04 Å². The summed E-state index contributed by atoms with van der Waals surface area (Å²) in [5.41, 5.74) is 7.32. The molecular formula is C10H13BrN2. The predicted octanol–water partition coefficient (Wildman–Crippen LogP) is 2.64. The largest absolute Gasteiger partial charge is 0.324 e. The molecule has 13 heavy (non-hydrogen) atoms. The van der Waals surface area contributed by atoms with E-state index < -0.39 is 0 Å². The third-order valence-electron chi connectivity index (χ3n) is 2.79. The molecule has 2 nitrogen and oxygen atoms in total. The van der Waals surface area contributed by atoms with Crippen molar-refractivity contribution in [2.45, 2.75) is 25.3 Å². The summed E-state index contributed by atoms with van der Waals surface area (Å²) >= 11 is 3.35. The van der Waals surface area contributed by atoms with Gasteiger partial charge in [-0.1, -0.05) is 6.42 Å². The molecule has 0 aromatic carbocycles. The van der Waals surface area contributed by atoms with Gasteiger partial charge in [0.1, 0.15) is 4.60 Å². The molecule has 0 amide bonds. The molecule has 70 valence electrons. The lowest BCUT2D eigenvalue weighted by Crippen LogP contribution is -2.26. The highest BCUT2D eigenvalue weighted by Crippen LogP contribution is 2.36. The molecule has 2 rings (SSSR count). The van der Waals surface area contributed by atoms with Crippen LogP contribution >= 0.6 is 15.9 Å². The van der Waals surface area contributed by atoms with Gasteiger partial charge in [0.25, 0.3) is 0 Å². The summed E-state index contributed by atoms with van der Waals surface area (Å²) in [6.45, 7) is 0. The van der Waals surface area contributed by atoms with E-state index in [0.717, 1.165) is 4.60 Å². The first-order valence-electron chi connectivity index (χ1n) is 4.64. The molecule has 3 heteroatoms. The fourth-order valence-electron chi connectivity index (χ4n) is 1.70. The highest BCUT2D eigenvalue weighted by atomic mass is 79.9. The molecule has 0 radical (unpaired) electrons. The second-order valence-electron chi connectivity index (χ2n) is 3.63. The lowest BCUT2D eigenvalue weighted by atomic mass is 9.78. The first-order chi connectivity index (χ1) is 6.27. The van der Waals surface area contributed by atoms with E-state index in [4.69, 9.17) is 5.73 Å². The van der Waals surface area contributed by atoms with Gasteiger partial charge in [0, 0.05) is 12.2 Å². The zero-order valence-electron chi connectivity index (χ0n) is 7.41. The van der Waals surface area contributed by atoms with Gasteiger partial charge in [0.15, 0.2) is 0 Å². The average molecular weight is 241 g/mol. The molecule has 1 unspecified atom stereocenters. The van der Waals surface area contributed by atoms with Crippen molar-refractivity contribution in [3.05, 3.63) is 28.5 Å². The van der Waals surface area contributed by atoms with E-state index in [9.17, 15) is 0 Å². The number of nitrogens with zero attached hydrogens (tertiary/aromatic N) is 1. The smallest absolute Gasteiger partial charge is 0.106 e. The monoisotopic (exact) mass is 240 g/mol. The molecule has 1 fully saturated rings. The average Bonchev–Trinajstić information content (AvgIpc) is 2.01. The number of pyridine rings is 1. The van der Waals surface area contributed by atoms with Gasteiger partial charge in [-0.15, -0.1) is 0 Å². The molecule has 1 aliphatic rings. The Kier molecular flexibility index (Phi) is 2.65. The van der Waals surface area contributed by atoms with Crippen molar-refractivity contribution in [1.82, 2.24) is 4.98 Å². The molecule has 0 bridgehead atoms. The summed E-state index contributed by atoms with van der Waals surface area (Å²) in [5.74, 6) is 0.689. The highest BCUT2D eigenvalue weighted by Gasteiger charge is 2.25. The molecule has 1 saturated carbocycles. The number of aromatic nitrogens is 1. The first-order valence-corrected chi connectivity index (χ1v) is 5.43. The molecule has 0 spiro atoms. The molecule has 1 heterocycles. The molecule has 0 aliphatic heterocycles. The van der Waals surface area contributed by atoms with Crippen molar-refractivity contribution in [3.8, 4) is 0 Å². The van der Waals surface area contributed by atoms with Gasteiger partial charge in [-0.25, -0.2) is 4.98 Å². The fraction of sp³-hybridized carbons (Fsp3) is 0.500. The van der Waals surface area contributed by atoms with E-state index in [2.05, 4.69) is 20.9 Å². The maximum atomic E-state index is 6.12. The van der Waals surface area contributed by atoms with Gasteiger partial charge in [0.2, 0.25) is 0 Å². The molecule has 1 aliphatic carbocycles. The number of halogens is 1. The number of hydrogen-bond acceptors (Lipinski definition) is 2. The third-order valence-corrected chi connectivity index (χ3v) is 3.23. The maximum Gasteiger partial charge on any atom is 0.106 e. The van der Waals surface area contributed by atoms with Gasteiger partial charge in [-0.2, -0.15) is 0 Å². The van der Waals surface area contributed by atoms with Crippen molar-refractivity contribution >= 4 is 15.9 Å². The van der Waals surface area contributed by atoms with Crippen LogP contribution in [0, 0.1) is 5.92 Å². The van der Waals surface area contributed by atoms with Crippen LogP contribution in [0.25, 0.3) is 0 Å². The van der Waals surface area contributed by atoms with E-state index in [1.54, 1.807) is 6.20 Å². The zero-order valence-corrected chi connectivity index (χ0v) is 9.00. The normalized spacial score (nSPS) is 19.5. The summed E-state index contributed by atoms with van der Waals surface area (Å²) in [6, 6.07) is 4.23. The van der Waals surface area contributed by atoms with Crippen molar-refractivity contribution in [1.29, 1.82) is 0 Å². The van der Waals surface area contributed by atoms with Gasteiger partial charge >= 0.3 is 0 Å². The van der Waals surface area contributed by atoms with Crippen LogP contribution in [-0.4, -0.2) is 4.98 Å². The molecule has 1 aromatic heterocycles. The molecule has 0 saturated heterocycles. The number of rotatable bonds is 2. The van der Waals surface area contributed by atoms with Crippen LogP contribution in [0.1, 0.15) is 30.9 Å². The van der Waals surface area contributed by atoms with Gasteiger partial charge in [-0.05, 0) is 52.4 Å². The minimum Gasteiger partial charge on any atom is -0.324 e. The number of hydrogen-bond donors (Lipinski definition) is 1. The van der Waals surface area contributed by atoms with Gasteiger partial charge in [-0.3, -0.25) is 0 Å². The standard InChI is InChI=1S/C10H13BrN2/c11-9-6-8(4-5-13-9)10(12)7-2-1-3-7/h4-7,10H,1-3,12H2.